The Balaban J connectivity index is 1.61. The van der Waals surface area contributed by atoms with E-state index < -0.39 is 5.60 Å². The number of methoxy groups -OCH3 is 1. The van der Waals surface area contributed by atoms with Crippen LogP contribution >= 0.6 is 0 Å². The van der Waals surface area contributed by atoms with Crippen molar-refractivity contribution in [2.45, 2.75) is 31.8 Å². The SMILES string of the molecule is COc1ccc2c(c1)C=C(CN1CCC[C@@](O)(CNC(C)=O)CC1)CO2. The molecule has 0 aliphatic carbocycles. The van der Waals surface area contributed by atoms with Crippen LogP contribution in [-0.4, -0.2) is 61.4 Å². The van der Waals surface area contributed by atoms with Crippen LogP contribution in [0.5, 0.6) is 11.5 Å². The molecule has 2 heterocycles. The van der Waals surface area contributed by atoms with Gasteiger partial charge in [0.25, 0.3) is 0 Å². The number of ether oxygens (including phenoxy) is 2. The molecule has 26 heavy (non-hydrogen) atoms. The zero-order chi connectivity index (χ0) is 18.6. The van der Waals surface area contributed by atoms with Crippen LogP contribution < -0.4 is 14.8 Å². The Bertz CT molecular complexity index is 688. The first-order valence-electron chi connectivity index (χ1n) is 9.17. The first-order chi connectivity index (χ1) is 12.5. The lowest BCUT2D eigenvalue weighted by molar-refractivity contribution is -0.120. The lowest BCUT2D eigenvalue weighted by atomic mass is 9.95. The molecule has 142 valence electrons. The molecule has 0 spiro atoms. The van der Waals surface area contributed by atoms with Gasteiger partial charge in [-0.15, -0.1) is 0 Å². The number of carbonyl (C=O) groups excluding carboxylic acids is 1. The predicted octanol–water partition coefficient (Wildman–Crippen LogP) is 1.82. The normalized spacial score (nSPS) is 23.3. The van der Waals surface area contributed by atoms with Gasteiger partial charge in [0.2, 0.25) is 5.91 Å². The maximum Gasteiger partial charge on any atom is 0.216 e. The van der Waals surface area contributed by atoms with Gasteiger partial charge in [0, 0.05) is 32.1 Å². The molecular weight excluding hydrogens is 332 g/mol. The zero-order valence-corrected chi connectivity index (χ0v) is 15.6. The van der Waals surface area contributed by atoms with E-state index in [-0.39, 0.29) is 5.91 Å². The summed E-state index contributed by atoms with van der Waals surface area (Å²) >= 11 is 0. The standard InChI is InChI=1S/C20H28N2O4/c1-15(23)21-14-20(24)6-3-8-22(9-7-20)12-16-10-17-11-18(25-2)4-5-19(17)26-13-16/h4-5,10-11,24H,3,6-9,12-14H2,1-2H3,(H,21,23)/t20-/m0/s1. The van der Waals surface area contributed by atoms with Crippen molar-refractivity contribution < 1.29 is 19.4 Å². The summed E-state index contributed by atoms with van der Waals surface area (Å²) in [4.78, 5) is 13.5. The van der Waals surface area contributed by atoms with Crippen LogP contribution in [-0.2, 0) is 4.79 Å². The van der Waals surface area contributed by atoms with Crippen molar-refractivity contribution in [3.63, 3.8) is 0 Å². The number of fused-ring (bicyclic) bond motifs is 1. The molecule has 0 radical (unpaired) electrons. The number of hydrogen-bond donors (Lipinski definition) is 2. The van der Waals surface area contributed by atoms with Crippen molar-refractivity contribution in [2.24, 2.45) is 0 Å². The molecular formula is C20H28N2O4. The number of carbonyl (C=O) groups is 1. The molecule has 0 saturated carbocycles. The van der Waals surface area contributed by atoms with E-state index in [0.29, 0.717) is 26.0 Å². The minimum atomic E-state index is -0.808. The third-order valence-electron chi connectivity index (χ3n) is 5.09. The fourth-order valence-corrected chi connectivity index (χ4v) is 3.57. The second-order valence-electron chi connectivity index (χ2n) is 7.26. The fraction of sp³-hybridized carbons (Fsp3) is 0.550. The second kappa shape index (κ2) is 8.10. The minimum absolute atomic E-state index is 0.0990. The first-order valence-corrected chi connectivity index (χ1v) is 9.17. The molecule has 1 fully saturated rings. The van der Waals surface area contributed by atoms with Crippen molar-refractivity contribution in [1.29, 1.82) is 0 Å². The van der Waals surface area contributed by atoms with Crippen molar-refractivity contribution in [1.82, 2.24) is 10.2 Å². The number of amides is 1. The van der Waals surface area contributed by atoms with Crippen LogP contribution in [0.2, 0.25) is 0 Å². The third-order valence-corrected chi connectivity index (χ3v) is 5.09. The number of nitrogens with one attached hydrogen (secondary N) is 1. The Kier molecular flexibility index (Phi) is 5.84. The number of hydrogen-bond acceptors (Lipinski definition) is 5. The summed E-state index contributed by atoms with van der Waals surface area (Å²) in [5.74, 6) is 1.61. The van der Waals surface area contributed by atoms with Crippen LogP contribution in [0.15, 0.2) is 23.8 Å². The highest BCUT2D eigenvalue weighted by Gasteiger charge is 2.30. The molecule has 6 heteroatoms. The Morgan fingerprint density at radius 3 is 3.00 bits per heavy atom. The molecule has 0 bridgehead atoms. The van der Waals surface area contributed by atoms with Gasteiger partial charge in [-0.25, -0.2) is 0 Å². The van der Waals surface area contributed by atoms with Gasteiger partial charge < -0.3 is 19.9 Å². The number of likely N-dealkylation sites (tertiary alicyclic amines) is 1. The smallest absolute Gasteiger partial charge is 0.216 e. The van der Waals surface area contributed by atoms with Crippen LogP contribution in [0.4, 0.5) is 0 Å². The van der Waals surface area contributed by atoms with Crippen LogP contribution in [0.1, 0.15) is 31.7 Å². The summed E-state index contributed by atoms with van der Waals surface area (Å²) in [7, 11) is 1.66. The van der Waals surface area contributed by atoms with Gasteiger partial charge in [0.1, 0.15) is 18.1 Å². The number of aliphatic hydroxyl groups is 1. The average Bonchev–Trinajstić information content (AvgIpc) is 2.81. The largest absolute Gasteiger partial charge is 0.497 e. The summed E-state index contributed by atoms with van der Waals surface area (Å²) in [6, 6.07) is 5.83. The van der Waals surface area contributed by atoms with Crippen LogP contribution in [0, 0.1) is 0 Å². The van der Waals surface area contributed by atoms with E-state index in [9.17, 15) is 9.90 Å². The molecule has 3 rings (SSSR count). The lowest BCUT2D eigenvalue weighted by Crippen LogP contribution is -2.43. The molecule has 1 atom stereocenters. The third kappa shape index (κ3) is 4.77. The summed E-state index contributed by atoms with van der Waals surface area (Å²) in [6.07, 6.45) is 4.45. The highest BCUT2D eigenvalue weighted by atomic mass is 16.5. The number of benzene rings is 1. The fourth-order valence-electron chi connectivity index (χ4n) is 3.57. The average molecular weight is 360 g/mol. The van der Waals surface area contributed by atoms with Crippen molar-refractivity contribution in [3.05, 3.63) is 29.3 Å². The van der Waals surface area contributed by atoms with E-state index in [2.05, 4.69) is 16.3 Å². The van der Waals surface area contributed by atoms with E-state index in [1.54, 1.807) is 7.11 Å². The topological polar surface area (TPSA) is 71.0 Å². The van der Waals surface area contributed by atoms with Crippen molar-refractivity contribution >= 4 is 12.0 Å². The molecule has 6 nitrogen and oxygen atoms in total. The predicted molar refractivity (Wildman–Crippen MR) is 100 cm³/mol. The van der Waals surface area contributed by atoms with Gasteiger partial charge in [0.05, 0.1) is 12.7 Å². The number of nitrogens with zero attached hydrogens (tertiary/aromatic N) is 1. The second-order valence-corrected chi connectivity index (χ2v) is 7.26. The lowest BCUT2D eigenvalue weighted by Gasteiger charge is -2.27. The zero-order valence-electron chi connectivity index (χ0n) is 15.6. The van der Waals surface area contributed by atoms with Gasteiger partial charge in [-0.3, -0.25) is 9.69 Å². The van der Waals surface area contributed by atoms with Gasteiger partial charge in [-0.1, -0.05) is 0 Å². The molecule has 1 aromatic rings. The minimum Gasteiger partial charge on any atom is -0.497 e. The van der Waals surface area contributed by atoms with Gasteiger partial charge >= 0.3 is 0 Å². The van der Waals surface area contributed by atoms with Crippen LogP contribution in [0.25, 0.3) is 6.08 Å². The highest BCUT2D eigenvalue weighted by molar-refractivity contribution is 5.72. The summed E-state index contributed by atoms with van der Waals surface area (Å²) in [5.41, 5.74) is 1.46. The Labute approximate surface area is 154 Å². The van der Waals surface area contributed by atoms with Crippen molar-refractivity contribution in [2.75, 3.05) is 39.9 Å². The Morgan fingerprint density at radius 2 is 2.23 bits per heavy atom. The molecule has 2 aliphatic heterocycles. The Morgan fingerprint density at radius 1 is 1.38 bits per heavy atom. The van der Waals surface area contributed by atoms with Gasteiger partial charge in [-0.2, -0.15) is 0 Å². The van der Waals surface area contributed by atoms with E-state index in [1.807, 2.05) is 18.2 Å². The number of rotatable bonds is 5. The Hall–Kier alpha value is -2.05. The molecule has 1 aromatic carbocycles. The van der Waals surface area contributed by atoms with Crippen molar-refractivity contribution in [3.8, 4) is 11.5 Å². The maximum absolute atomic E-state index is 11.1. The highest BCUT2D eigenvalue weighted by Crippen LogP contribution is 2.30. The molecule has 1 saturated heterocycles. The van der Waals surface area contributed by atoms with Gasteiger partial charge in [-0.05, 0) is 55.7 Å². The van der Waals surface area contributed by atoms with Crippen LogP contribution in [0.3, 0.4) is 0 Å². The monoisotopic (exact) mass is 360 g/mol. The summed E-state index contributed by atoms with van der Waals surface area (Å²) in [6.45, 7) is 4.96. The molecule has 1 amide bonds. The van der Waals surface area contributed by atoms with E-state index in [4.69, 9.17) is 9.47 Å². The summed E-state index contributed by atoms with van der Waals surface area (Å²) in [5, 5.41) is 13.5. The maximum atomic E-state index is 11.1. The molecule has 2 aliphatic rings. The van der Waals surface area contributed by atoms with Gasteiger partial charge in [0.15, 0.2) is 0 Å². The molecule has 0 unspecified atom stereocenters. The molecule has 0 aromatic heterocycles. The quantitative estimate of drug-likeness (QED) is 0.838. The summed E-state index contributed by atoms with van der Waals surface area (Å²) < 4.78 is 11.2. The van der Waals surface area contributed by atoms with E-state index in [0.717, 1.165) is 43.1 Å². The van der Waals surface area contributed by atoms with E-state index >= 15 is 0 Å². The van der Waals surface area contributed by atoms with E-state index in [1.165, 1.54) is 12.5 Å². The first kappa shape index (κ1) is 18.7. The molecule has 2 N–H and O–H groups in total.